The summed E-state index contributed by atoms with van der Waals surface area (Å²) in [4.78, 5) is 16.7. The zero-order valence-electron chi connectivity index (χ0n) is 15.3. The molecular weight excluding hydrogens is 504 g/mol. The van der Waals surface area contributed by atoms with Gasteiger partial charge in [-0.3, -0.25) is 10.1 Å². The van der Waals surface area contributed by atoms with Crippen LogP contribution in [0.1, 0.15) is 16.1 Å². The number of amides is 1. The van der Waals surface area contributed by atoms with Crippen LogP contribution in [0, 0.1) is 12.0 Å². The fourth-order valence-electron chi connectivity index (χ4n) is 2.76. The lowest BCUT2D eigenvalue weighted by Gasteiger charge is -2.09. The van der Waals surface area contributed by atoms with Crippen molar-refractivity contribution in [2.45, 2.75) is 15.6 Å². The Balaban J connectivity index is 1.74. The molecule has 0 aliphatic carbocycles. The van der Waals surface area contributed by atoms with Gasteiger partial charge in [0.05, 0.1) is 9.92 Å². The summed E-state index contributed by atoms with van der Waals surface area (Å²) in [5.41, 5.74) is 0.550. The van der Waals surface area contributed by atoms with Gasteiger partial charge in [0.1, 0.15) is 26.3 Å². The number of hydrogen-bond donors (Lipinski definition) is 1. The molecular formula is C19H11Cl2FN3O3S3. The Labute approximate surface area is 194 Å². The molecule has 0 unspecified atom stereocenters. The van der Waals surface area contributed by atoms with Crippen molar-refractivity contribution >= 4 is 66.8 Å². The highest BCUT2D eigenvalue weighted by molar-refractivity contribution is 7.93. The van der Waals surface area contributed by atoms with Gasteiger partial charge in [0, 0.05) is 12.7 Å². The van der Waals surface area contributed by atoms with Gasteiger partial charge < -0.3 is 4.57 Å². The fourth-order valence-corrected chi connectivity index (χ4v) is 6.07. The van der Waals surface area contributed by atoms with Gasteiger partial charge in [-0.05, 0) is 35.2 Å². The van der Waals surface area contributed by atoms with Crippen LogP contribution in [0.5, 0.6) is 0 Å². The maximum atomic E-state index is 13.9. The highest BCUT2D eigenvalue weighted by atomic mass is 35.5. The predicted octanol–water partition coefficient (Wildman–Crippen LogP) is 5.39. The minimum atomic E-state index is -3.82. The number of hydrogen-bond acceptors (Lipinski definition) is 6. The van der Waals surface area contributed by atoms with E-state index in [4.69, 9.17) is 23.2 Å². The van der Waals surface area contributed by atoms with Crippen LogP contribution in [0.15, 0.2) is 57.1 Å². The number of carbonyl (C=O) groups excluding carboxylic acids is 1. The first-order valence-electron chi connectivity index (χ1n) is 8.52. The summed E-state index contributed by atoms with van der Waals surface area (Å²) >= 11 is 13.6. The molecule has 159 valence electrons. The van der Waals surface area contributed by atoms with E-state index in [0.29, 0.717) is 5.56 Å². The van der Waals surface area contributed by atoms with Gasteiger partial charge in [0.2, 0.25) is 9.84 Å². The van der Waals surface area contributed by atoms with Gasteiger partial charge >= 0.3 is 0 Å². The number of nitrogens with one attached hydrogen (secondary N) is 1. The molecule has 31 heavy (non-hydrogen) atoms. The average Bonchev–Trinajstić information content (AvgIpc) is 3.46. The molecule has 0 spiro atoms. The summed E-state index contributed by atoms with van der Waals surface area (Å²) in [5.74, 6) is -1.21. The minimum absolute atomic E-state index is 0.0351. The zero-order valence-corrected chi connectivity index (χ0v) is 19.3. The van der Waals surface area contributed by atoms with Gasteiger partial charge in [-0.15, -0.1) is 11.3 Å². The minimum Gasteiger partial charge on any atom is -0.338 e. The number of thiophene rings is 1. The molecule has 0 aliphatic rings. The second-order valence-electron chi connectivity index (χ2n) is 6.23. The maximum absolute atomic E-state index is 13.9. The van der Waals surface area contributed by atoms with E-state index in [9.17, 15) is 17.6 Å². The van der Waals surface area contributed by atoms with E-state index in [0.717, 1.165) is 22.7 Å². The highest BCUT2D eigenvalue weighted by Crippen LogP contribution is 2.28. The van der Waals surface area contributed by atoms with Gasteiger partial charge in [-0.2, -0.15) is 0 Å². The van der Waals surface area contributed by atoms with Crippen molar-refractivity contribution < 1.29 is 17.6 Å². The first-order chi connectivity index (χ1) is 14.7. The monoisotopic (exact) mass is 514 g/mol. The lowest BCUT2D eigenvalue weighted by Crippen LogP contribution is -2.17. The van der Waals surface area contributed by atoms with Crippen molar-refractivity contribution in [1.29, 1.82) is 0 Å². The molecule has 1 aromatic carbocycles. The summed E-state index contributed by atoms with van der Waals surface area (Å²) in [6.07, 6.45) is 3.85. The molecule has 0 saturated carbocycles. The van der Waals surface area contributed by atoms with E-state index >= 15 is 0 Å². The number of halogens is 3. The number of carbonyl (C=O) groups is 1. The Morgan fingerprint density at radius 1 is 1.26 bits per heavy atom. The highest BCUT2D eigenvalue weighted by Gasteiger charge is 2.25. The van der Waals surface area contributed by atoms with Gasteiger partial charge in [0.15, 0.2) is 5.13 Å². The van der Waals surface area contributed by atoms with E-state index in [1.54, 1.807) is 17.5 Å². The second kappa shape index (κ2) is 8.71. The lowest BCUT2D eigenvalue weighted by atomic mass is 10.2. The van der Waals surface area contributed by atoms with Crippen LogP contribution in [0.4, 0.5) is 9.52 Å². The van der Waals surface area contributed by atoms with Crippen LogP contribution >= 0.6 is 45.9 Å². The summed E-state index contributed by atoms with van der Waals surface area (Å²) in [6.45, 7) is 0.0432. The van der Waals surface area contributed by atoms with Crippen LogP contribution < -0.4 is 5.32 Å². The van der Waals surface area contributed by atoms with E-state index in [-0.39, 0.29) is 35.8 Å². The molecule has 1 N–H and O–H groups in total. The van der Waals surface area contributed by atoms with Crippen LogP contribution in [0.3, 0.4) is 0 Å². The van der Waals surface area contributed by atoms with Crippen molar-refractivity contribution in [2.75, 3.05) is 5.32 Å². The molecule has 0 aliphatic heterocycles. The Kier molecular flexibility index (Phi) is 6.18. The topological polar surface area (TPSA) is 81.1 Å². The SMILES string of the molecule is O=C(Nc1n[c]c(Cl)s1)c1cc(S(=O)(=O)c2cccs2)cn1Cc1ccc(Cl)c(F)c1. The summed E-state index contributed by atoms with van der Waals surface area (Å²) in [7, 11) is -3.82. The van der Waals surface area contributed by atoms with Gasteiger partial charge in [-0.1, -0.05) is 46.7 Å². The number of aromatic nitrogens is 2. The number of rotatable bonds is 6. The molecule has 6 nitrogen and oxygen atoms in total. The average molecular weight is 515 g/mol. The van der Waals surface area contributed by atoms with E-state index < -0.39 is 21.6 Å². The fraction of sp³-hybridized carbons (Fsp3) is 0.0526. The number of benzene rings is 1. The quantitative estimate of drug-likeness (QED) is 0.374. The summed E-state index contributed by atoms with van der Waals surface area (Å²) in [6, 6.07) is 8.60. The number of thiazole rings is 1. The third-order valence-electron chi connectivity index (χ3n) is 4.16. The second-order valence-corrected chi connectivity index (χ2v) is 11.4. The third-order valence-corrected chi connectivity index (χ3v) is 8.56. The summed E-state index contributed by atoms with van der Waals surface area (Å²) in [5, 5.41) is 4.40. The predicted molar refractivity (Wildman–Crippen MR) is 119 cm³/mol. The molecule has 0 fully saturated rings. The smallest absolute Gasteiger partial charge is 0.274 e. The van der Waals surface area contributed by atoms with E-state index in [2.05, 4.69) is 16.5 Å². The van der Waals surface area contributed by atoms with E-state index in [1.165, 1.54) is 35.0 Å². The lowest BCUT2D eigenvalue weighted by molar-refractivity contribution is 0.101. The molecule has 1 radical (unpaired) electrons. The van der Waals surface area contributed by atoms with Crippen molar-refractivity contribution in [3.63, 3.8) is 0 Å². The molecule has 0 bridgehead atoms. The van der Waals surface area contributed by atoms with Crippen molar-refractivity contribution in [3.8, 4) is 0 Å². The van der Waals surface area contributed by atoms with Crippen molar-refractivity contribution in [3.05, 3.63) is 80.6 Å². The zero-order chi connectivity index (χ0) is 22.2. The largest absolute Gasteiger partial charge is 0.338 e. The van der Waals surface area contributed by atoms with Crippen LogP contribution in [-0.4, -0.2) is 23.9 Å². The number of nitrogens with zero attached hydrogens (tertiary/aromatic N) is 2. The van der Waals surface area contributed by atoms with Crippen molar-refractivity contribution in [1.82, 2.24) is 9.55 Å². The van der Waals surface area contributed by atoms with Crippen LogP contribution in [0.25, 0.3) is 0 Å². The first kappa shape index (κ1) is 22.0. The van der Waals surface area contributed by atoms with Crippen LogP contribution in [-0.2, 0) is 16.4 Å². The molecule has 0 atom stereocenters. The molecule has 4 aromatic rings. The summed E-state index contributed by atoms with van der Waals surface area (Å²) < 4.78 is 41.6. The standard InChI is InChI=1S/C19H11Cl2FN3O3S3/c20-13-4-3-11(6-14(13)22)9-25-10-12(31(27,28)17-2-1-5-29-17)7-15(25)18(26)24-19-23-8-16(21)30-19/h1-7,10H,9H2,(H,23,24,26). The van der Waals surface area contributed by atoms with E-state index in [1.807, 2.05) is 0 Å². The van der Waals surface area contributed by atoms with Crippen molar-refractivity contribution in [2.24, 2.45) is 0 Å². The van der Waals surface area contributed by atoms with Gasteiger partial charge in [-0.25, -0.2) is 17.8 Å². The van der Waals surface area contributed by atoms with Crippen LogP contribution in [0.2, 0.25) is 9.36 Å². The molecule has 4 rings (SSSR count). The molecule has 0 saturated heterocycles. The molecule has 3 heterocycles. The number of sulfone groups is 1. The Morgan fingerprint density at radius 2 is 2.06 bits per heavy atom. The molecule has 12 heteroatoms. The Morgan fingerprint density at radius 3 is 2.71 bits per heavy atom. The first-order valence-corrected chi connectivity index (χ1v) is 12.5. The Bertz CT molecular complexity index is 1370. The molecule has 1 amide bonds. The normalized spacial score (nSPS) is 11.6. The number of anilines is 1. The molecule has 3 aromatic heterocycles. The third kappa shape index (κ3) is 4.68. The Hall–Kier alpha value is -2.24. The van der Waals surface area contributed by atoms with Gasteiger partial charge in [0.25, 0.3) is 5.91 Å². The maximum Gasteiger partial charge on any atom is 0.274 e.